The van der Waals surface area contributed by atoms with E-state index in [9.17, 15) is 24.0 Å². The van der Waals surface area contributed by atoms with Crippen LogP contribution in [0.15, 0.2) is 103 Å². The molecule has 196 valence electrons. The molecule has 1 saturated heterocycles. The van der Waals surface area contributed by atoms with Gasteiger partial charge < -0.3 is 9.64 Å². The zero-order chi connectivity index (χ0) is 28.0. The number of rotatable bonds is 6. The lowest BCUT2D eigenvalue weighted by molar-refractivity contribution is -0.131. The zero-order valence-electron chi connectivity index (χ0n) is 21.3. The van der Waals surface area contributed by atoms with Gasteiger partial charge in [0.05, 0.1) is 22.9 Å². The average Bonchev–Trinajstić information content (AvgIpc) is 3.67. The molecule has 6 rings (SSSR count). The minimum absolute atomic E-state index is 0.0813. The van der Waals surface area contributed by atoms with Crippen molar-refractivity contribution < 1.29 is 28.7 Å². The second-order valence-corrected chi connectivity index (χ2v) is 9.54. The summed E-state index contributed by atoms with van der Waals surface area (Å²) in [7, 11) is 0. The summed E-state index contributed by atoms with van der Waals surface area (Å²) in [4.78, 5) is 67.5. The van der Waals surface area contributed by atoms with Gasteiger partial charge in [0.15, 0.2) is 5.78 Å². The number of Topliss-reactive ketones (excluding diaryl/α,β-unsaturated/α-hetero) is 1. The summed E-state index contributed by atoms with van der Waals surface area (Å²) >= 11 is 0. The van der Waals surface area contributed by atoms with Crippen molar-refractivity contribution in [3.05, 3.63) is 131 Å². The molecule has 4 aromatic rings. The lowest BCUT2D eigenvalue weighted by Crippen LogP contribution is -2.29. The number of carbonyl (C=O) groups excluding carboxylic acids is 5. The number of benzene rings is 4. The van der Waals surface area contributed by atoms with Gasteiger partial charge in [0.2, 0.25) is 0 Å². The fraction of sp³-hybridized carbons (Fsp3) is 0.0938. The Morgan fingerprint density at radius 2 is 1.38 bits per heavy atom. The molecule has 1 fully saturated rings. The van der Waals surface area contributed by atoms with Crippen molar-refractivity contribution in [1.29, 1.82) is 0 Å². The largest absolute Gasteiger partial charge is 0.427 e. The Morgan fingerprint density at radius 3 is 2.08 bits per heavy atom. The number of imide groups is 1. The lowest BCUT2D eigenvalue weighted by Gasteiger charge is -2.14. The standard InChI is InChI=1S/C32H22N2O6/c1-19(35)40-24-14-8-13-23(18-24)33-31(38)25-16-15-22(17-26(25)32(33)39)30(37)34-27(20-9-4-2-5-10-20)28(34)29(36)21-11-6-3-7-12-21/h2-18,27-28H,1H3/t27-,28+,34?/m0/s1. The summed E-state index contributed by atoms with van der Waals surface area (Å²) in [5.74, 6) is -2.08. The highest BCUT2D eigenvalue weighted by atomic mass is 16.5. The molecule has 2 aliphatic heterocycles. The number of hydrogen-bond acceptors (Lipinski definition) is 6. The van der Waals surface area contributed by atoms with E-state index < -0.39 is 35.8 Å². The molecule has 2 atom stereocenters. The average molecular weight is 531 g/mol. The predicted octanol–water partition coefficient (Wildman–Crippen LogP) is 4.86. The smallest absolute Gasteiger partial charge is 0.308 e. The van der Waals surface area contributed by atoms with Gasteiger partial charge in [-0.15, -0.1) is 0 Å². The van der Waals surface area contributed by atoms with E-state index in [2.05, 4.69) is 0 Å². The Bertz CT molecular complexity index is 1700. The molecule has 0 radical (unpaired) electrons. The topological polar surface area (TPSA) is 101 Å². The van der Waals surface area contributed by atoms with Gasteiger partial charge in [-0.2, -0.15) is 0 Å². The summed E-state index contributed by atoms with van der Waals surface area (Å²) < 4.78 is 5.09. The minimum Gasteiger partial charge on any atom is -0.427 e. The molecule has 8 nitrogen and oxygen atoms in total. The molecule has 2 aliphatic rings. The number of anilines is 1. The van der Waals surface area contributed by atoms with E-state index in [-0.39, 0.29) is 33.9 Å². The van der Waals surface area contributed by atoms with Crippen molar-refractivity contribution in [1.82, 2.24) is 4.90 Å². The number of amides is 3. The Morgan fingerprint density at radius 1 is 0.700 bits per heavy atom. The van der Waals surface area contributed by atoms with E-state index in [1.54, 1.807) is 42.5 Å². The molecular weight excluding hydrogens is 508 g/mol. The van der Waals surface area contributed by atoms with Crippen molar-refractivity contribution >= 4 is 35.2 Å². The third-order valence-electron chi connectivity index (χ3n) is 6.98. The lowest BCUT2D eigenvalue weighted by atomic mass is 10.0. The van der Waals surface area contributed by atoms with Crippen molar-refractivity contribution in [2.75, 3.05) is 4.90 Å². The highest BCUT2D eigenvalue weighted by Gasteiger charge is 2.56. The van der Waals surface area contributed by atoms with Crippen molar-refractivity contribution in [2.24, 2.45) is 0 Å². The molecule has 3 amide bonds. The summed E-state index contributed by atoms with van der Waals surface area (Å²) in [5, 5.41) is 0. The SMILES string of the molecule is CC(=O)Oc1cccc(N2C(=O)c3ccc(C(=O)N4[C@@H](C(=O)c5ccccc5)[C@@H]4c4ccccc4)cc3C2=O)c1. The first-order valence-corrected chi connectivity index (χ1v) is 12.6. The van der Waals surface area contributed by atoms with E-state index in [4.69, 9.17) is 4.74 Å². The van der Waals surface area contributed by atoms with Gasteiger partial charge in [-0.3, -0.25) is 24.0 Å². The third kappa shape index (κ3) is 4.25. The minimum atomic E-state index is -0.691. The Labute approximate surface area is 229 Å². The number of carbonyl (C=O) groups is 5. The van der Waals surface area contributed by atoms with Gasteiger partial charge >= 0.3 is 5.97 Å². The molecule has 8 heteroatoms. The van der Waals surface area contributed by atoms with Crippen LogP contribution in [-0.2, 0) is 4.79 Å². The highest BCUT2D eigenvalue weighted by Crippen LogP contribution is 2.46. The van der Waals surface area contributed by atoms with Crippen LogP contribution in [0.3, 0.4) is 0 Å². The summed E-state index contributed by atoms with van der Waals surface area (Å²) in [5.41, 5.74) is 2.00. The monoisotopic (exact) mass is 530 g/mol. The first-order chi connectivity index (χ1) is 19.3. The third-order valence-corrected chi connectivity index (χ3v) is 6.98. The van der Waals surface area contributed by atoms with E-state index in [1.165, 1.54) is 36.1 Å². The predicted molar refractivity (Wildman–Crippen MR) is 145 cm³/mol. The fourth-order valence-corrected chi connectivity index (χ4v) is 5.13. The van der Waals surface area contributed by atoms with Gasteiger partial charge in [0.25, 0.3) is 17.7 Å². The number of hydrogen-bond donors (Lipinski definition) is 0. The van der Waals surface area contributed by atoms with Crippen LogP contribution in [0, 0.1) is 0 Å². The van der Waals surface area contributed by atoms with Gasteiger partial charge in [-0.25, -0.2) is 4.90 Å². The van der Waals surface area contributed by atoms with E-state index >= 15 is 0 Å². The summed E-state index contributed by atoms with van der Waals surface area (Å²) in [6, 6.07) is 27.4. The van der Waals surface area contributed by atoms with Crippen molar-refractivity contribution in [3.63, 3.8) is 0 Å². The maximum Gasteiger partial charge on any atom is 0.308 e. The first kappa shape index (κ1) is 24.9. The zero-order valence-corrected chi connectivity index (χ0v) is 21.3. The maximum absolute atomic E-state index is 13.7. The Balaban J connectivity index is 1.31. The highest BCUT2D eigenvalue weighted by molar-refractivity contribution is 6.34. The van der Waals surface area contributed by atoms with E-state index in [0.29, 0.717) is 5.56 Å². The maximum atomic E-state index is 13.7. The van der Waals surface area contributed by atoms with Crippen molar-refractivity contribution in [3.8, 4) is 5.75 Å². The van der Waals surface area contributed by atoms with Crippen LogP contribution >= 0.6 is 0 Å². The fourth-order valence-electron chi connectivity index (χ4n) is 5.13. The van der Waals surface area contributed by atoms with Crippen LogP contribution in [0.2, 0.25) is 0 Å². The molecule has 0 spiro atoms. The quantitative estimate of drug-likeness (QED) is 0.116. The Kier molecular flexibility index (Phi) is 6.07. The molecule has 4 aromatic carbocycles. The number of fused-ring (bicyclic) bond motifs is 1. The first-order valence-electron chi connectivity index (χ1n) is 12.6. The molecule has 0 N–H and O–H groups in total. The molecular formula is C32H22N2O6. The number of ketones is 1. The normalized spacial score (nSPS) is 17.4. The van der Waals surface area contributed by atoms with E-state index in [0.717, 1.165) is 10.5 Å². The van der Waals surface area contributed by atoms with Crippen LogP contribution in [0.5, 0.6) is 5.75 Å². The molecule has 0 unspecified atom stereocenters. The van der Waals surface area contributed by atoms with Gasteiger partial charge in [0.1, 0.15) is 11.8 Å². The van der Waals surface area contributed by atoms with E-state index in [1.807, 2.05) is 36.4 Å². The van der Waals surface area contributed by atoms with Gasteiger partial charge in [-0.05, 0) is 35.9 Å². The molecule has 0 bridgehead atoms. The molecule has 0 saturated carbocycles. The molecule has 2 heterocycles. The van der Waals surface area contributed by atoms with Crippen molar-refractivity contribution in [2.45, 2.75) is 19.0 Å². The van der Waals surface area contributed by atoms with Gasteiger partial charge in [-0.1, -0.05) is 66.7 Å². The number of ether oxygens (including phenoxy) is 1. The molecule has 0 aliphatic carbocycles. The Hall–Kier alpha value is -5.37. The van der Waals surface area contributed by atoms with Crippen LogP contribution in [-0.4, -0.2) is 40.4 Å². The number of esters is 1. The molecule has 0 aromatic heterocycles. The second-order valence-electron chi connectivity index (χ2n) is 9.54. The van der Waals surface area contributed by atoms with Gasteiger partial charge in [0, 0.05) is 24.1 Å². The summed E-state index contributed by atoms with van der Waals surface area (Å²) in [6.45, 7) is 1.25. The molecule has 40 heavy (non-hydrogen) atoms. The second kappa shape index (κ2) is 9.74. The van der Waals surface area contributed by atoms with Crippen LogP contribution in [0.25, 0.3) is 0 Å². The van der Waals surface area contributed by atoms with Crippen LogP contribution < -0.4 is 9.64 Å². The van der Waals surface area contributed by atoms with Crippen LogP contribution in [0.1, 0.15) is 60.0 Å². The summed E-state index contributed by atoms with van der Waals surface area (Å²) in [6.07, 6.45) is 0. The number of nitrogens with zero attached hydrogens (tertiary/aromatic N) is 2. The van der Waals surface area contributed by atoms with Crippen LogP contribution in [0.4, 0.5) is 5.69 Å².